The third-order valence-corrected chi connectivity index (χ3v) is 4.53. The zero-order valence-corrected chi connectivity index (χ0v) is 11.7. The first-order valence-corrected chi connectivity index (χ1v) is 7.49. The fourth-order valence-corrected chi connectivity index (χ4v) is 3.44. The van der Waals surface area contributed by atoms with Crippen molar-refractivity contribution in [2.24, 2.45) is 0 Å². The maximum absolute atomic E-state index is 5.32. The quantitative estimate of drug-likeness (QED) is 0.799. The molecule has 2 aromatic heterocycles. The fraction of sp³-hybridized carbons (Fsp3) is 0.400. The molecule has 0 radical (unpaired) electrons. The van der Waals surface area contributed by atoms with Crippen molar-refractivity contribution in [3.8, 4) is 12.3 Å². The molecule has 3 nitrogen and oxygen atoms in total. The molecule has 98 valence electrons. The monoisotopic (exact) mass is 271 g/mol. The van der Waals surface area contributed by atoms with Gasteiger partial charge in [-0.2, -0.15) is 0 Å². The van der Waals surface area contributed by atoms with Gasteiger partial charge in [-0.3, -0.25) is 9.88 Å². The molecule has 4 heteroatoms. The highest BCUT2D eigenvalue weighted by Gasteiger charge is 2.18. The van der Waals surface area contributed by atoms with Crippen LogP contribution in [0.15, 0.2) is 23.7 Å². The second-order valence-corrected chi connectivity index (χ2v) is 5.66. The van der Waals surface area contributed by atoms with E-state index in [9.17, 15) is 0 Å². The lowest BCUT2D eigenvalue weighted by atomic mass is 10.2. The molecule has 0 atom stereocenters. The average molecular weight is 271 g/mol. The summed E-state index contributed by atoms with van der Waals surface area (Å²) in [6.07, 6.45) is 8.09. The first kappa shape index (κ1) is 12.5. The third kappa shape index (κ3) is 2.58. The Morgan fingerprint density at radius 2 is 2.11 bits per heavy atom. The Kier molecular flexibility index (Phi) is 3.67. The predicted molar refractivity (Wildman–Crippen MR) is 81.7 cm³/mol. The summed E-state index contributed by atoms with van der Waals surface area (Å²) in [6, 6.07) is 4.22. The van der Waals surface area contributed by atoms with Crippen LogP contribution in [0.2, 0.25) is 0 Å². The standard InChI is InChI=1S/C15H17N3S/c1-2-3-7-17-8-10-18(11-9-17)14-4-6-16-13-5-12-19-15(13)14/h1,4-6,12H,3,7-11H2. The van der Waals surface area contributed by atoms with Crippen LogP contribution in [0.1, 0.15) is 6.42 Å². The molecule has 0 unspecified atom stereocenters. The Bertz CT molecular complexity index is 591. The van der Waals surface area contributed by atoms with Crippen LogP contribution in [-0.4, -0.2) is 42.6 Å². The van der Waals surface area contributed by atoms with E-state index in [1.54, 1.807) is 11.3 Å². The number of terminal acetylenes is 1. The summed E-state index contributed by atoms with van der Waals surface area (Å²) in [6.45, 7) is 5.35. The molecule has 2 aromatic rings. The molecule has 3 rings (SSSR count). The van der Waals surface area contributed by atoms with Gasteiger partial charge in [-0.05, 0) is 17.5 Å². The van der Waals surface area contributed by atoms with E-state index in [1.165, 1.54) is 10.4 Å². The van der Waals surface area contributed by atoms with Gasteiger partial charge in [0.25, 0.3) is 0 Å². The first-order chi connectivity index (χ1) is 9.38. The van der Waals surface area contributed by atoms with Crippen molar-refractivity contribution in [1.82, 2.24) is 9.88 Å². The second kappa shape index (κ2) is 5.60. The Hall–Kier alpha value is -1.57. The molecule has 0 saturated carbocycles. The molecule has 0 N–H and O–H groups in total. The minimum Gasteiger partial charge on any atom is -0.368 e. The molecule has 0 aromatic carbocycles. The van der Waals surface area contributed by atoms with Gasteiger partial charge in [-0.25, -0.2) is 0 Å². The number of pyridine rings is 1. The fourth-order valence-electron chi connectivity index (χ4n) is 2.54. The van der Waals surface area contributed by atoms with Crippen LogP contribution in [0, 0.1) is 12.3 Å². The number of aromatic nitrogens is 1. The van der Waals surface area contributed by atoms with Crippen molar-refractivity contribution in [1.29, 1.82) is 0 Å². The molecule has 0 bridgehead atoms. The third-order valence-electron chi connectivity index (χ3n) is 3.61. The van der Waals surface area contributed by atoms with Crippen LogP contribution < -0.4 is 4.90 Å². The first-order valence-electron chi connectivity index (χ1n) is 6.61. The topological polar surface area (TPSA) is 19.4 Å². The molecule has 0 aliphatic carbocycles. The van der Waals surface area contributed by atoms with Gasteiger partial charge < -0.3 is 4.90 Å². The number of rotatable bonds is 3. The summed E-state index contributed by atoms with van der Waals surface area (Å²) in [7, 11) is 0. The van der Waals surface area contributed by atoms with Crippen molar-refractivity contribution in [3.63, 3.8) is 0 Å². The summed E-state index contributed by atoms with van der Waals surface area (Å²) < 4.78 is 1.31. The van der Waals surface area contributed by atoms with Crippen LogP contribution in [0.4, 0.5) is 5.69 Å². The minimum atomic E-state index is 0.852. The Morgan fingerprint density at radius 1 is 1.26 bits per heavy atom. The zero-order valence-electron chi connectivity index (χ0n) is 10.9. The molecular weight excluding hydrogens is 254 g/mol. The molecule has 0 spiro atoms. The molecule has 3 heterocycles. The van der Waals surface area contributed by atoms with Crippen LogP contribution in [0.25, 0.3) is 10.2 Å². The minimum absolute atomic E-state index is 0.852. The molecule has 1 saturated heterocycles. The van der Waals surface area contributed by atoms with Crippen molar-refractivity contribution in [2.75, 3.05) is 37.6 Å². The maximum Gasteiger partial charge on any atom is 0.0830 e. The van der Waals surface area contributed by atoms with Crippen LogP contribution in [-0.2, 0) is 0 Å². The summed E-state index contributed by atoms with van der Waals surface area (Å²) in [5.74, 6) is 2.72. The van der Waals surface area contributed by atoms with Gasteiger partial charge in [0.15, 0.2) is 0 Å². The van der Waals surface area contributed by atoms with Crippen molar-refractivity contribution in [2.45, 2.75) is 6.42 Å². The van der Waals surface area contributed by atoms with Gasteiger partial charge in [-0.1, -0.05) is 0 Å². The predicted octanol–water partition coefficient (Wildman–Crippen LogP) is 2.44. The molecular formula is C15H17N3S. The van der Waals surface area contributed by atoms with Gasteiger partial charge in [0, 0.05) is 45.3 Å². The summed E-state index contributed by atoms with van der Waals surface area (Å²) in [5, 5.41) is 2.12. The summed E-state index contributed by atoms with van der Waals surface area (Å²) in [4.78, 5) is 9.32. The lowest BCUT2D eigenvalue weighted by molar-refractivity contribution is 0.264. The lowest BCUT2D eigenvalue weighted by Gasteiger charge is -2.36. The largest absolute Gasteiger partial charge is 0.368 e. The number of thiophene rings is 1. The van der Waals surface area contributed by atoms with E-state index in [4.69, 9.17) is 6.42 Å². The van der Waals surface area contributed by atoms with Crippen LogP contribution in [0.3, 0.4) is 0 Å². The Labute approximate surface area is 117 Å². The SMILES string of the molecule is C#CCCN1CCN(c2ccnc3ccsc23)CC1. The van der Waals surface area contributed by atoms with Crippen molar-refractivity contribution >= 4 is 27.2 Å². The molecule has 1 aliphatic rings. The Balaban J connectivity index is 1.72. The highest BCUT2D eigenvalue weighted by Crippen LogP contribution is 2.30. The van der Waals surface area contributed by atoms with E-state index in [1.807, 2.05) is 6.20 Å². The highest BCUT2D eigenvalue weighted by molar-refractivity contribution is 7.17. The van der Waals surface area contributed by atoms with Gasteiger partial charge in [0.05, 0.1) is 15.9 Å². The zero-order chi connectivity index (χ0) is 13.1. The average Bonchev–Trinajstić information content (AvgIpc) is 2.94. The molecule has 0 amide bonds. The van der Waals surface area contributed by atoms with E-state index in [-0.39, 0.29) is 0 Å². The molecule has 19 heavy (non-hydrogen) atoms. The van der Waals surface area contributed by atoms with Crippen molar-refractivity contribution < 1.29 is 0 Å². The van der Waals surface area contributed by atoms with E-state index in [2.05, 4.69) is 38.2 Å². The van der Waals surface area contributed by atoms with Crippen LogP contribution in [0.5, 0.6) is 0 Å². The van der Waals surface area contributed by atoms with Gasteiger partial charge >= 0.3 is 0 Å². The molecule has 1 aliphatic heterocycles. The number of fused-ring (bicyclic) bond motifs is 1. The maximum atomic E-state index is 5.32. The summed E-state index contributed by atoms with van der Waals surface area (Å²) >= 11 is 1.78. The molecule has 1 fully saturated rings. The number of anilines is 1. The van der Waals surface area contributed by atoms with Gasteiger partial charge in [0.2, 0.25) is 0 Å². The van der Waals surface area contributed by atoms with Crippen molar-refractivity contribution in [3.05, 3.63) is 23.7 Å². The highest BCUT2D eigenvalue weighted by atomic mass is 32.1. The second-order valence-electron chi connectivity index (χ2n) is 4.75. The van der Waals surface area contributed by atoms with Gasteiger partial charge in [0.1, 0.15) is 0 Å². The Morgan fingerprint density at radius 3 is 2.89 bits per heavy atom. The summed E-state index contributed by atoms with van der Waals surface area (Å²) in [5.41, 5.74) is 2.44. The number of hydrogen-bond donors (Lipinski definition) is 0. The van der Waals surface area contributed by atoms with E-state index in [0.717, 1.165) is 44.7 Å². The van der Waals surface area contributed by atoms with Gasteiger partial charge in [-0.15, -0.1) is 23.7 Å². The smallest absolute Gasteiger partial charge is 0.0830 e. The normalized spacial score (nSPS) is 16.7. The van der Waals surface area contributed by atoms with E-state index < -0.39 is 0 Å². The lowest BCUT2D eigenvalue weighted by Crippen LogP contribution is -2.46. The van der Waals surface area contributed by atoms with Crippen LogP contribution >= 0.6 is 11.3 Å². The van der Waals surface area contributed by atoms with E-state index >= 15 is 0 Å². The number of piperazine rings is 1. The number of hydrogen-bond acceptors (Lipinski definition) is 4. The van der Waals surface area contributed by atoms with E-state index in [0.29, 0.717) is 0 Å². The number of nitrogens with zero attached hydrogens (tertiary/aromatic N) is 3.